The van der Waals surface area contributed by atoms with Crippen molar-refractivity contribution in [3.8, 4) is 0 Å². The molecule has 0 aromatic heterocycles. The van der Waals surface area contributed by atoms with E-state index in [1.165, 1.54) is 25.3 Å². The second-order valence-corrected chi connectivity index (χ2v) is 4.82. The van der Waals surface area contributed by atoms with Crippen LogP contribution in [0.25, 0.3) is 0 Å². The monoisotopic (exact) mass is 236 g/mol. The largest absolute Gasteiger partial charge is 0.371 e. The van der Waals surface area contributed by atoms with E-state index in [9.17, 15) is 4.39 Å². The summed E-state index contributed by atoms with van der Waals surface area (Å²) < 4.78 is 13.1. The average molecular weight is 236 g/mol. The van der Waals surface area contributed by atoms with E-state index in [1.807, 2.05) is 6.07 Å². The highest BCUT2D eigenvalue weighted by molar-refractivity contribution is 5.54. The molecular weight excluding hydrogens is 215 g/mol. The number of rotatable bonds is 3. The lowest BCUT2D eigenvalue weighted by Gasteiger charge is -2.34. The summed E-state index contributed by atoms with van der Waals surface area (Å²) in [5.74, 6) is 0.658. The minimum Gasteiger partial charge on any atom is -0.371 e. The summed E-state index contributed by atoms with van der Waals surface area (Å²) in [6.45, 7) is 4.79. The molecule has 1 aromatic carbocycles. The first kappa shape index (κ1) is 12.4. The Balaban J connectivity index is 2.12. The van der Waals surface area contributed by atoms with Gasteiger partial charge in [-0.15, -0.1) is 0 Å². The fraction of sp³-hybridized carbons (Fsp3) is 0.571. The molecule has 0 atom stereocenters. The molecule has 0 radical (unpaired) electrons. The van der Waals surface area contributed by atoms with E-state index < -0.39 is 0 Å². The number of hydrogen-bond acceptors (Lipinski definition) is 2. The van der Waals surface area contributed by atoms with E-state index in [1.54, 1.807) is 6.07 Å². The van der Waals surface area contributed by atoms with Crippen molar-refractivity contribution in [3.05, 3.63) is 29.6 Å². The average Bonchev–Trinajstić information content (AvgIpc) is 2.39. The molecule has 0 saturated carbocycles. The first-order chi connectivity index (χ1) is 8.24. The van der Waals surface area contributed by atoms with Gasteiger partial charge in [0.05, 0.1) is 0 Å². The molecule has 0 unspecified atom stereocenters. The molecule has 0 spiro atoms. The number of nitrogens with zero attached hydrogens (tertiary/aromatic N) is 1. The molecule has 17 heavy (non-hydrogen) atoms. The van der Waals surface area contributed by atoms with Gasteiger partial charge in [0.2, 0.25) is 0 Å². The van der Waals surface area contributed by atoms with Crippen molar-refractivity contribution in [1.29, 1.82) is 0 Å². The van der Waals surface area contributed by atoms with Gasteiger partial charge in [-0.05, 0) is 42.5 Å². The molecule has 0 aliphatic carbocycles. The van der Waals surface area contributed by atoms with Crippen LogP contribution in [0, 0.1) is 11.7 Å². The van der Waals surface area contributed by atoms with E-state index in [-0.39, 0.29) is 5.82 Å². The minimum absolute atomic E-state index is 0.197. The zero-order valence-corrected chi connectivity index (χ0v) is 10.5. The van der Waals surface area contributed by atoms with Crippen LogP contribution < -0.4 is 10.6 Å². The lowest BCUT2D eigenvalue weighted by atomic mass is 9.94. The second kappa shape index (κ2) is 5.50. The predicted molar refractivity (Wildman–Crippen MR) is 69.5 cm³/mol. The molecule has 1 aromatic rings. The summed E-state index contributed by atoms with van der Waals surface area (Å²) in [6.07, 6.45) is 3.73. The Morgan fingerprint density at radius 3 is 2.65 bits per heavy atom. The normalized spacial score (nSPS) is 17.5. The highest BCUT2D eigenvalue weighted by Crippen LogP contribution is 2.27. The summed E-state index contributed by atoms with van der Waals surface area (Å²) in [5.41, 5.74) is 7.72. The number of piperidine rings is 1. The number of hydrogen-bond donors (Lipinski definition) is 1. The lowest BCUT2D eigenvalue weighted by molar-refractivity contribution is 0.394. The third-order valence-corrected chi connectivity index (χ3v) is 3.79. The number of benzene rings is 1. The van der Waals surface area contributed by atoms with Crippen molar-refractivity contribution in [2.45, 2.75) is 32.7 Å². The maximum Gasteiger partial charge on any atom is 0.123 e. The van der Waals surface area contributed by atoms with Gasteiger partial charge in [-0.2, -0.15) is 0 Å². The van der Waals surface area contributed by atoms with Gasteiger partial charge in [-0.1, -0.05) is 13.3 Å². The Bertz CT molecular complexity index is 370. The van der Waals surface area contributed by atoms with Crippen molar-refractivity contribution in [1.82, 2.24) is 0 Å². The van der Waals surface area contributed by atoms with Crippen molar-refractivity contribution in [2.24, 2.45) is 11.7 Å². The Hall–Kier alpha value is -1.09. The topological polar surface area (TPSA) is 29.3 Å². The zero-order valence-electron chi connectivity index (χ0n) is 10.5. The molecule has 1 heterocycles. The number of nitrogens with two attached hydrogens (primary N) is 1. The predicted octanol–water partition coefficient (Wildman–Crippen LogP) is 2.91. The third kappa shape index (κ3) is 2.78. The zero-order chi connectivity index (χ0) is 12.3. The van der Waals surface area contributed by atoms with Gasteiger partial charge in [-0.25, -0.2) is 4.39 Å². The fourth-order valence-corrected chi connectivity index (χ4v) is 2.61. The van der Waals surface area contributed by atoms with Crippen LogP contribution in [0.4, 0.5) is 10.1 Å². The maximum absolute atomic E-state index is 13.1. The van der Waals surface area contributed by atoms with Crippen LogP contribution in [-0.2, 0) is 6.54 Å². The second-order valence-electron chi connectivity index (χ2n) is 4.82. The van der Waals surface area contributed by atoms with Gasteiger partial charge in [-0.3, -0.25) is 0 Å². The fourth-order valence-electron chi connectivity index (χ4n) is 2.61. The summed E-state index contributed by atoms with van der Waals surface area (Å²) >= 11 is 0. The summed E-state index contributed by atoms with van der Waals surface area (Å²) in [4.78, 5) is 2.34. The van der Waals surface area contributed by atoms with Gasteiger partial charge in [0.15, 0.2) is 0 Å². The molecule has 94 valence electrons. The smallest absolute Gasteiger partial charge is 0.123 e. The third-order valence-electron chi connectivity index (χ3n) is 3.79. The van der Waals surface area contributed by atoms with Crippen LogP contribution >= 0.6 is 0 Å². The van der Waals surface area contributed by atoms with Crippen molar-refractivity contribution in [2.75, 3.05) is 18.0 Å². The lowest BCUT2D eigenvalue weighted by Crippen LogP contribution is -2.34. The molecule has 1 aliphatic rings. The van der Waals surface area contributed by atoms with Crippen LogP contribution in [0.2, 0.25) is 0 Å². The highest BCUT2D eigenvalue weighted by Gasteiger charge is 2.19. The van der Waals surface area contributed by atoms with Gasteiger partial charge in [0.1, 0.15) is 5.82 Å². The van der Waals surface area contributed by atoms with Crippen LogP contribution in [0.3, 0.4) is 0 Å². The Kier molecular flexibility index (Phi) is 4.00. The van der Waals surface area contributed by atoms with Crippen LogP contribution in [-0.4, -0.2) is 13.1 Å². The summed E-state index contributed by atoms with van der Waals surface area (Å²) in [7, 11) is 0. The molecule has 1 saturated heterocycles. The van der Waals surface area contributed by atoms with Crippen molar-refractivity contribution in [3.63, 3.8) is 0 Å². The Morgan fingerprint density at radius 2 is 2.06 bits per heavy atom. The van der Waals surface area contributed by atoms with Crippen molar-refractivity contribution < 1.29 is 4.39 Å². The van der Waals surface area contributed by atoms with Crippen molar-refractivity contribution >= 4 is 5.69 Å². The molecule has 2 rings (SSSR count). The summed E-state index contributed by atoms with van der Waals surface area (Å²) in [6, 6.07) is 4.95. The van der Waals surface area contributed by atoms with E-state index in [4.69, 9.17) is 5.73 Å². The van der Waals surface area contributed by atoms with Crippen LogP contribution in [0.1, 0.15) is 31.7 Å². The molecule has 2 N–H and O–H groups in total. The minimum atomic E-state index is -0.197. The molecule has 0 bridgehead atoms. The van der Waals surface area contributed by atoms with Gasteiger partial charge >= 0.3 is 0 Å². The van der Waals surface area contributed by atoms with Crippen LogP contribution in [0.15, 0.2) is 18.2 Å². The van der Waals surface area contributed by atoms with E-state index >= 15 is 0 Å². The van der Waals surface area contributed by atoms with Gasteiger partial charge in [0.25, 0.3) is 0 Å². The molecule has 1 aliphatic heterocycles. The number of halogens is 1. The molecule has 2 nitrogen and oxygen atoms in total. The Labute approximate surface area is 103 Å². The molecule has 0 amide bonds. The SMILES string of the molecule is CCC1CCN(c2ccc(F)cc2CN)CC1. The first-order valence-corrected chi connectivity index (χ1v) is 6.48. The molecular formula is C14H21FN2. The van der Waals surface area contributed by atoms with Gasteiger partial charge < -0.3 is 10.6 Å². The molecule has 1 fully saturated rings. The van der Waals surface area contributed by atoms with E-state index in [2.05, 4.69) is 11.8 Å². The Morgan fingerprint density at radius 1 is 1.35 bits per heavy atom. The molecule has 3 heteroatoms. The summed E-state index contributed by atoms with van der Waals surface area (Å²) in [5, 5.41) is 0. The van der Waals surface area contributed by atoms with E-state index in [0.717, 1.165) is 30.3 Å². The first-order valence-electron chi connectivity index (χ1n) is 6.48. The van der Waals surface area contributed by atoms with E-state index in [0.29, 0.717) is 6.54 Å². The quantitative estimate of drug-likeness (QED) is 0.874. The maximum atomic E-state index is 13.1. The van der Waals surface area contributed by atoms with Crippen LogP contribution in [0.5, 0.6) is 0 Å². The number of anilines is 1. The van der Waals surface area contributed by atoms with Gasteiger partial charge in [0, 0.05) is 25.3 Å². The standard InChI is InChI=1S/C14H21FN2/c1-2-11-5-7-17(8-6-11)14-4-3-13(15)9-12(14)10-16/h3-4,9,11H,2,5-8,10,16H2,1H3. The highest BCUT2D eigenvalue weighted by atomic mass is 19.1.